The van der Waals surface area contributed by atoms with E-state index in [4.69, 9.17) is 5.84 Å². The van der Waals surface area contributed by atoms with Crippen LogP contribution in [-0.4, -0.2) is 11.4 Å². The van der Waals surface area contributed by atoms with Crippen LogP contribution in [-0.2, 0) is 0 Å². The molecule has 0 heterocycles. The lowest BCUT2D eigenvalue weighted by Crippen LogP contribution is -2.37. The molecule has 0 aromatic heterocycles. The molecule has 0 aromatic carbocycles. The van der Waals surface area contributed by atoms with Crippen LogP contribution in [0.1, 0.15) is 46.5 Å². The van der Waals surface area contributed by atoms with E-state index in [0.29, 0.717) is 5.92 Å². The topological polar surface area (TPSA) is 50.4 Å². The average Bonchev–Trinajstić information content (AvgIpc) is 2.50. The molecule has 13 heavy (non-hydrogen) atoms. The Hall–Kier alpha value is -0.570. The van der Waals surface area contributed by atoms with Crippen molar-refractivity contribution in [3.63, 3.8) is 0 Å². The predicted octanol–water partition coefficient (Wildman–Crippen LogP) is 1.84. The van der Waals surface area contributed by atoms with Crippen molar-refractivity contribution < 1.29 is 0 Å². The molecule has 0 atom stereocenters. The van der Waals surface area contributed by atoms with Gasteiger partial charge in [-0.1, -0.05) is 12.8 Å². The van der Waals surface area contributed by atoms with Gasteiger partial charge in [-0.3, -0.25) is 4.99 Å². The van der Waals surface area contributed by atoms with Crippen LogP contribution in [0, 0.1) is 5.92 Å². The van der Waals surface area contributed by atoms with Gasteiger partial charge in [-0.05, 0) is 33.6 Å². The molecule has 3 nitrogen and oxygen atoms in total. The lowest BCUT2D eigenvalue weighted by molar-refractivity contribution is 0.562. The van der Waals surface area contributed by atoms with Crippen LogP contribution in [0.4, 0.5) is 0 Å². The zero-order valence-corrected chi connectivity index (χ0v) is 8.93. The van der Waals surface area contributed by atoms with Crippen LogP contribution in [0.5, 0.6) is 0 Å². The second kappa shape index (κ2) is 4.09. The molecule has 0 saturated heterocycles. The molecule has 0 radical (unpaired) electrons. The number of rotatable bonds is 1. The highest BCUT2D eigenvalue weighted by atomic mass is 15.3. The van der Waals surface area contributed by atoms with Crippen LogP contribution in [0.3, 0.4) is 0 Å². The number of aliphatic imine (C=N–C) groups is 1. The standard InChI is InChI=1S/C10H21N3/c1-10(2,3)12-9(13-11)8-6-4-5-7-8/h8H,4-7,11H2,1-3H3,(H,12,13). The van der Waals surface area contributed by atoms with Gasteiger partial charge in [0.1, 0.15) is 5.84 Å². The minimum Gasteiger partial charge on any atom is -0.312 e. The van der Waals surface area contributed by atoms with Crippen molar-refractivity contribution in [1.82, 2.24) is 5.43 Å². The van der Waals surface area contributed by atoms with Crippen molar-refractivity contribution in [2.75, 3.05) is 0 Å². The van der Waals surface area contributed by atoms with Crippen molar-refractivity contribution in [1.29, 1.82) is 0 Å². The molecule has 1 aliphatic carbocycles. The van der Waals surface area contributed by atoms with Crippen molar-refractivity contribution in [2.45, 2.75) is 52.0 Å². The minimum atomic E-state index is -0.0235. The summed E-state index contributed by atoms with van der Waals surface area (Å²) in [7, 11) is 0. The number of amidine groups is 1. The predicted molar refractivity (Wildman–Crippen MR) is 56.5 cm³/mol. The molecule has 1 fully saturated rings. The summed E-state index contributed by atoms with van der Waals surface area (Å²) in [6, 6.07) is 0. The van der Waals surface area contributed by atoms with E-state index < -0.39 is 0 Å². The molecular formula is C10H21N3. The van der Waals surface area contributed by atoms with Gasteiger partial charge < -0.3 is 5.43 Å². The molecule has 1 rings (SSSR count). The number of nitrogens with zero attached hydrogens (tertiary/aromatic N) is 1. The third kappa shape index (κ3) is 3.35. The summed E-state index contributed by atoms with van der Waals surface area (Å²) in [4.78, 5) is 4.59. The highest BCUT2D eigenvalue weighted by molar-refractivity contribution is 5.84. The Bertz CT molecular complexity index is 185. The van der Waals surface area contributed by atoms with Gasteiger partial charge >= 0.3 is 0 Å². The minimum absolute atomic E-state index is 0.0235. The molecule has 0 aliphatic heterocycles. The summed E-state index contributed by atoms with van der Waals surface area (Å²) in [5.74, 6) is 7.04. The van der Waals surface area contributed by atoms with Crippen LogP contribution in [0.25, 0.3) is 0 Å². The summed E-state index contributed by atoms with van der Waals surface area (Å²) < 4.78 is 0. The maximum atomic E-state index is 5.48. The summed E-state index contributed by atoms with van der Waals surface area (Å²) in [5, 5.41) is 0. The largest absolute Gasteiger partial charge is 0.312 e. The fourth-order valence-corrected chi connectivity index (χ4v) is 1.80. The Morgan fingerprint density at radius 2 is 1.85 bits per heavy atom. The summed E-state index contributed by atoms with van der Waals surface area (Å²) in [6.07, 6.45) is 5.10. The Balaban J connectivity index is 2.65. The molecule has 0 amide bonds. The van der Waals surface area contributed by atoms with Gasteiger partial charge in [0.15, 0.2) is 0 Å². The smallest absolute Gasteiger partial charge is 0.114 e. The van der Waals surface area contributed by atoms with Crippen molar-refractivity contribution in [2.24, 2.45) is 16.8 Å². The van der Waals surface area contributed by atoms with Crippen LogP contribution >= 0.6 is 0 Å². The monoisotopic (exact) mass is 183 g/mol. The normalized spacial score (nSPS) is 20.8. The van der Waals surface area contributed by atoms with E-state index in [2.05, 4.69) is 31.2 Å². The number of hydrazine groups is 1. The first-order valence-corrected chi connectivity index (χ1v) is 5.09. The Kier molecular flexibility index (Phi) is 3.31. The maximum absolute atomic E-state index is 5.48. The lowest BCUT2D eigenvalue weighted by atomic mass is 10.1. The van der Waals surface area contributed by atoms with Gasteiger partial charge in [-0.2, -0.15) is 0 Å². The van der Waals surface area contributed by atoms with E-state index in [1.54, 1.807) is 0 Å². The molecule has 1 saturated carbocycles. The van der Waals surface area contributed by atoms with Crippen LogP contribution in [0.15, 0.2) is 4.99 Å². The fourth-order valence-electron chi connectivity index (χ4n) is 1.80. The summed E-state index contributed by atoms with van der Waals surface area (Å²) in [6.45, 7) is 6.29. The van der Waals surface area contributed by atoms with Crippen molar-refractivity contribution in [3.8, 4) is 0 Å². The number of hydrogen-bond donors (Lipinski definition) is 2. The lowest BCUT2D eigenvalue weighted by Gasteiger charge is -2.19. The number of hydrogen-bond acceptors (Lipinski definition) is 2. The highest BCUT2D eigenvalue weighted by Gasteiger charge is 2.22. The first-order chi connectivity index (χ1) is 6.03. The van der Waals surface area contributed by atoms with E-state index in [1.807, 2.05) is 0 Å². The van der Waals surface area contributed by atoms with Crippen molar-refractivity contribution in [3.05, 3.63) is 0 Å². The zero-order valence-electron chi connectivity index (χ0n) is 8.93. The molecule has 3 heteroatoms. The van der Waals surface area contributed by atoms with E-state index in [1.165, 1.54) is 25.7 Å². The Morgan fingerprint density at radius 3 is 2.23 bits per heavy atom. The number of nitrogens with two attached hydrogens (primary N) is 1. The molecule has 0 spiro atoms. The third-order valence-corrected chi connectivity index (χ3v) is 2.35. The second-order valence-electron chi connectivity index (χ2n) is 4.79. The van der Waals surface area contributed by atoms with E-state index >= 15 is 0 Å². The summed E-state index contributed by atoms with van der Waals surface area (Å²) >= 11 is 0. The Morgan fingerprint density at radius 1 is 1.31 bits per heavy atom. The SMILES string of the molecule is CC(C)(C)N=C(NN)C1CCCC1. The van der Waals surface area contributed by atoms with E-state index in [0.717, 1.165) is 5.84 Å². The van der Waals surface area contributed by atoms with E-state index in [9.17, 15) is 0 Å². The van der Waals surface area contributed by atoms with Gasteiger partial charge in [0, 0.05) is 5.92 Å². The van der Waals surface area contributed by atoms with Crippen LogP contribution in [0.2, 0.25) is 0 Å². The quantitative estimate of drug-likeness (QED) is 0.282. The van der Waals surface area contributed by atoms with Gasteiger partial charge in [0.25, 0.3) is 0 Å². The average molecular weight is 183 g/mol. The molecule has 0 unspecified atom stereocenters. The zero-order chi connectivity index (χ0) is 9.90. The van der Waals surface area contributed by atoms with Gasteiger partial charge in [-0.25, -0.2) is 5.84 Å². The molecule has 0 bridgehead atoms. The van der Waals surface area contributed by atoms with Gasteiger partial charge in [-0.15, -0.1) is 0 Å². The summed E-state index contributed by atoms with van der Waals surface area (Å²) in [5.41, 5.74) is 2.73. The molecule has 3 N–H and O–H groups in total. The first-order valence-electron chi connectivity index (χ1n) is 5.09. The molecule has 1 aliphatic rings. The van der Waals surface area contributed by atoms with Crippen LogP contribution < -0.4 is 11.3 Å². The third-order valence-electron chi connectivity index (χ3n) is 2.35. The second-order valence-corrected chi connectivity index (χ2v) is 4.79. The Labute approximate surface area is 80.8 Å². The van der Waals surface area contributed by atoms with Gasteiger partial charge in [0.05, 0.1) is 5.54 Å². The highest BCUT2D eigenvalue weighted by Crippen LogP contribution is 2.26. The maximum Gasteiger partial charge on any atom is 0.114 e. The first kappa shape index (κ1) is 10.5. The van der Waals surface area contributed by atoms with Gasteiger partial charge in [0.2, 0.25) is 0 Å². The van der Waals surface area contributed by atoms with E-state index in [-0.39, 0.29) is 5.54 Å². The molecule has 76 valence electrons. The van der Waals surface area contributed by atoms with Crippen molar-refractivity contribution >= 4 is 5.84 Å². The molecular weight excluding hydrogens is 162 g/mol. The molecule has 0 aromatic rings. The fraction of sp³-hybridized carbons (Fsp3) is 0.900. The number of nitrogens with one attached hydrogen (secondary N) is 1.